The lowest BCUT2D eigenvalue weighted by Crippen LogP contribution is -2.38. The molecule has 2 heterocycles. The lowest BCUT2D eigenvalue weighted by atomic mass is 10.0. The number of fused-ring (bicyclic) bond motifs is 1. The van der Waals surface area contributed by atoms with Gasteiger partial charge < -0.3 is 9.80 Å². The van der Waals surface area contributed by atoms with Crippen LogP contribution in [0.4, 0.5) is 5.69 Å². The van der Waals surface area contributed by atoms with Gasteiger partial charge in [-0.25, -0.2) is 0 Å². The van der Waals surface area contributed by atoms with Gasteiger partial charge in [0.25, 0.3) is 5.91 Å². The van der Waals surface area contributed by atoms with E-state index in [2.05, 4.69) is 40.2 Å². The Bertz CT molecular complexity index is 1460. The Morgan fingerprint density at radius 3 is 2.38 bits per heavy atom. The Hall–Kier alpha value is -4.29. The third-order valence-electron chi connectivity index (χ3n) is 7.56. The van der Waals surface area contributed by atoms with Crippen molar-refractivity contribution >= 4 is 17.5 Å². The van der Waals surface area contributed by atoms with E-state index in [0.717, 1.165) is 54.0 Å². The quantitative estimate of drug-likeness (QED) is 0.326. The van der Waals surface area contributed by atoms with Crippen LogP contribution in [0, 0.1) is 6.92 Å². The first-order chi connectivity index (χ1) is 19.5. The summed E-state index contributed by atoms with van der Waals surface area (Å²) in [6, 6.07) is 28.3. The van der Waals surface area contributed by atoms with Crippen LogP contribution >= 0.6 is 0 Å². The molecule has 0 bridgehead atoms. The highest BCUT2D eigenvalue weighted by molar-refractivity contribution is 5.96. The summed E-state index contributed by atoms with van der Waals surface area (Å²) in [7, 11) is 0. The normalized spacial score (nSPS) is 14.8. The number of aryl methyl sites for hydroxylation is 1. The summed E-state index contributed by atoms with van der Waals surface area (Å²) < 4.78 is 0. The monoisotopic (exact) mass is 532 g/mol. The van der Waals surface area contributed by atoms with Gasteiger partial charge in [0.05, 0.1) is 0 Å². The molecule has 5 rings (SSSR count). The van der Waals surface area contributed by atoms with Gasteiger partial charge in [-0.1, -0.05) is 60.7 Å². The number of carbonyl (C=O) groups is 2. The minimum atomic E-state index is 0.000939. The number of anilines is 1. The van der Waals surface area contributed by atoms with Gasteiger partial charge in [-0.15, -0.1) is 0 Å². The van der Waals surface area contributed by atoms with Gasteiger partial charge in [-0.05, 0) is 65.4 Å². The van der Waals surface area contributed by atoms with Crippen LogP contribution in [-0.4, -0.2) is 52.8 Å². The van der Waals surface area contributed by atoms with Crippen molar-refractivity contribution in [2.75, 3.05) is 31.1 Å². The number of rotatable bonds is 4. The smallest absolute Gasteiger partial charge is 0.254 e. The largest absolute Gasteiger partial charge is 0.333 e. The summed E-state index contributed by atoms with van der Waals surface area (Å²) >= 11 is 0. The van der Waals surface area contributed by atoms with Gasteiger partial charge in [0.1, 0.15) is 0 Å². The average Bonchev–Trinajstić information content (AvgIpc) is 3.01. The molecule has 0 fully saturated rings. The number of amides is 2. The number of pyridine rings is 1. The standard InChI is InChI=1S/C34H36N4O2/c1-26-10-6-7-14-32(26)34(40)37-21-20-36(24-28-11-4-3-5-12-28)18-9-19-38(27(2)39)33-16-15-29(22-31(33)25-37)30-13-8-17-35-23-30/h3-8,10-17,22-23H,9,18-21,24-25H2,1-2H3. The van der Waals surface area contributed by atoms with Crippen LogP contribution in [0.2, 0.25) is 0 Å². The fraction of sp³-hybridized carbons (Fsp3) is 0.265. The number of hydrogen-bond acceptors (Lipinski definition) is 4. The molecule has 1 aliphatic heterocycles. The van der Waals surface area contributed by atoms with E-state index in [1.165, 1.54) is 5.56 Å². The van der Waals surface area contributed by atoms with Crippen molar-refractivity contribution in [1.29, 1.82) is 0 Å². The summed E-state index contributed by atoms with van der Waals surface area (Å²) in [6.45, 7) is 7.56. The van der Waals surface area contributed by atoms with Gasteiger partial charge in [0, 0.05) is 69.8 Å². The molecule has 0 N–H and O–H groups in total. The van der Waals surface area contributed by atoms with Crippen molar-refractivity contribution in [3.05, 3.63) is 120 Å². The second-order valence-corrected chi connectivity index (χ2v) is 10.4. The SMILES string of the molecule is CC(=O)N1CCCN(Cc2ccccc2)CCN(C(=O)c2ccccc2C)Cc2cc(-c3cccnc3)ccc21. The maximum absolute atomic E-state index is 14.0. The molecule has 40 heavy (non-hydrogen) atoms. The van der Waals surface area contributed by atoms with E-state index in [0.29, 0.717) is 25.2 Å². The van der Waals surface area contributed by atoms with E-state index in [1.807, 2.05) is 77.5 Å². The van der Waals surface area contributed by atoms with E-state index in [4.69, 9.17) is 0 Å². The summed E-state index contributed by atoms with van der Waals surface area (Å²) in [5, 5.41) is 0. The lowest BCUT2D eigenvalue weighted by molar-refractivity contribution is -0.116. The zero-order valence-electron chi connectivity index (χ0n) is 23.3. The van der Waals surface area contributed by atoms with Gasteiger partial charge in [-0.3, -0.25) is 19.5 Å². The molecule has 6 heteroatoms. The van der Waals surface area contributed by atoms with Crippen LogP contribution in [-0.2, 0) is 17.9 Å². The zero-order valence-corrected chi connectivity index (χ0v) is 23.3. The van der Waals surface area contributed by atoms with E-state index in [-0.39, 0.29) is 11.8 Å². The molecular weight excluding hydrogens is 496 g/mol. The third kappa shape index (κ3) is 6.46. The van der Waals surface area contributed by atoms with Gasteiger partial charge in [-0.2, -0.15) is 0 Å². The topological polar surface area (TPSA) is 56.8 Å². The molecule has 0 aliphatic carbocycles. The molecule has 1 aromatic heterocycles. The van der Waals surface area contributed by atoms with Crippen LogP contribution in [0.5, 0.6) is 0 Å². The molecule has 6 nitrogen and oxygen atoms in total. The highest BCUT2D eigenvalue weighted by Crippen LogP contribution is 2.30. The van der Waals surface area contributed by atoms with Gasteiger partial charge in [0.2, 0.25) is 5.91 Å². The highest BCUT2D eigenvalue weighted by atomic mass is 16.2. The molecule has 0 saturated heterocycles. The van der Waals surface area contributed by atoms with Gasteiger partial charge >= 0.3 is 0 Å². The molecule has 0 saturated carbocycles. The number of aromatic nitrogens is 1. The first-order valence-electron chi connectivity index (χ1n) is 13.9. The first kappa shape index (κ1) is 27.3. The molecule has 0 spiro atoms. The Morgan fingerprint density at radius 2 is 1.62 bits per heavy atom. The Labute approximate surface area is 236 Å². The van der Waals surface area contributed by atoms with Crippen molar-refractivity contribution in [1.82, 2.24) is 14.8 Å². The van der Waals surface area contributed by atoms with E-state index >= 15 is 0 Å². The number of carbonyl (C=O) groups excluding carboxylic acids is 2. The molecule has 1 aliphatic rings. The van der Waals surface area contributed by atoms with Crippen molar-refractivity contribution in [3.63, 3.8) is 0 Å². The van der Waals surface area contributed by atoms with Crippen molar-refractivity contribution in [2.24, 2.45) is 0 Å². The maximum Gasteiger partial charge on any atom is 0.254 e. The Balaban J connectivity index is 1.55. The molecule has 3 aromatic carbocycles. The van der Waals surface area contributed by atoms with Crippen LogP contribution in [0.1, 0.15) is 40.4 Å². The van der Waals surface area contributed by atoms with Crippen molar-refractivity contribution in [3.8, 4) is 11.1 Å². The van der Waals surface area contributed by atoms with Crippen LogP contribution in [0.15, 0.2) is 97.3 Å². The van der Waals surface area contributed by atoms with Crippen molar-refractivity contribution in [2.45, 2.75) is 33.4 Å². The second-order valence-electron chi connectivity index (χ2n) is 10.4. The fourth-order valence-electron chi connectivity index (χ4n) is 5.40. The molecule has 0 unspecified atom stereocenters. The minimum absolute atomic E-state index is 0.000939. The predicted octanol–water partition coefficient (Wildman–Crippen LogP) is 5.96. The van der Waals surface area contributed by atoms with E-state index < -0.39 is 0 Å². The number of hydrogen-bond donors (Lipinski definition) is 0. The molecule has 0 atom stereocenters. The second kappa shape index (κ2) is 12.7. The predicted molar refractivity (Wildman–Crippen MR) is 160 cm³/mol. The molecular formula is C34H36N4O2. The molecule has 0 radical (unpaired) electrons. The van der Waals surface area contributed by atoms with Crippen LogP contribution in [0.25, 0.3) is 11.1 Å². The first-order valence-corrected chi connectivity index (χ1v) is 13.9. The van der Waals surface area contributed by atoms with Crippen molar-refractivity contribution < 1.29 is 9.59 Å². The molecule has 204 valence electrons. The lowest BCUT2D eigenvalue weighted by Gasteiger charge is -2.29. The summed E-state index contributed by atoms with van der Waals surface area (Å²) in [6.07, 6.45) is 4.44. The van der Waals surface area contributed by atoms with Gasteiger partial charge in [0.15, 0.2) is 0 Å². The summed E-state index contributed by atoms with van der Waals surface area (Å²) in [5.41, 5.74) is 6.73. The fourth-order valence-corrected chi connectivity index (χ4v) is 5.40. The number of nitrogens with zero attached hydrogens (tertiary/aromatic N) is 4. The van der Waals surface area contributed by atoms with Crippen LogP contribution in [0.3, 0.4) is 0 Å². The number of benzene rings is 3. The highest BCUT2D eigenvalue weighted by Gasteiger charge is 2.24. The average molecular weight is 533 g/mol. The van der Waals surface area contributed by atoms with Crippen LogP contribution < -0.4 is 4.90 Å². The Morgan fingerprint density at radius 1 is 0.825 bits per heavy atom. The molecule has 2 amide bonds. The minimum Gasteiger partial charge on any atom is -0.333 e. The third-order valence-corrected chi connectivity index (χ3v) is 7.56. The summed E-state index contributed by atoms with van der Waals surface area (Å²) in [5.74, 6) is 0.00475. The summed E-state index contributed by atoms with van der Waals surface area (Å²) in [4.78, 5) is 37.5. The zero-order chi connectivity index (χ0) is 27.9. The van der Waals surface area contributed by atoms with E-state index in [9.17, 15) is 9.59 Å². The molecule has 4 aromatic rings. The Kier molecular flexibility index (Phi) is 8.67. The van der Waals surface area contributed by atoms with E-state index in [1.54, 1.807) is 13.1 Å². The maximum atomic E-state index is 14.0.